The molecule has 2 aromatic carbocycles. The van der Waals surface area contributed by atoms with Crippen molar-refractivity contribution in [1.82, 2.24) is 24.7 Å². The largest absolute Gasteiger partial charge is 0.481 e. The molecule has 1 amide bonds. The Hall–Kier alpha value is -3.87. The van der Waals surface area contributed by atoms with Gasteiger partial charge in [0.2, 0.25) is 17.7 Å². The molecular weight excluding hydrogens is 596 g/mol. The first kappa shape index (κ1) is 33.5. The zero-order valence-corrected chi connectivity index (χ0v) is 26.7. The van der Waals surface area contributed by atoms with E-state index in [4.69, 9.17) is 18.9 Å². The van der Waals surface area contributed by atoms with Crippen LogP contribution >= 0.6 is 0 Å². The maximum Gasteiger partial charge on any atom is 0.323 e. The fourth-order valence-electron chi connectivity index (χ4n) is 6.58. The van der Waals surface area contributed by atoms with Gasteiger partial charge in [0.25, 0.3) is 6.43 Å². The Kier molecular flexibility index (Phi) is 11.7. The number of alkyl halides is 2. The number of nitrogens with zero attached hydrogens (tertiary/aromatic N) is 5. The number of methoxy groups -OCH3 is 2. The topological polar surface area (TPSA) is 89.5 Å². The molecule has 3 aromatic rings. The molecule has 12 heteroatoms. The van der Waals surface area contributed by atoms with Crippen molar-refractivity contribution < 1.29 is 32.5 Å². The summed E-state index contributed by atoms with van der Waals surface area (Å²) in [7, 11) is 3.08. The van der Waals surface area contributed by atoms with Crippen LogP contribution in [0.2, 0.25) is 0 Å². The van der Waals surface area contributed by atoms with Gasteiger partial charge in [-0.25, -0.2) is 8.78 Å². The Labute approximate surface area is 269 Å². The monoisotopic (exact) mass is 639 g/mol. The summed E-state index contributed by atoms with van der Waals surface area (Å²) < 4.78 is 47.6. The highest BCUT2D eigenvalue weighted by Gasteiger charge is 2.43. The molecule has 2 aliphatic heterocycles. The van der Waals surface area contributed by atoms with Gasteiger partial charge in [0.15, 0.2) is 6.61 Å². The molecule has 2 saturated heterocycles. The first-order chi connectivity index (χ1) is 22.4. The van der Waals surface area contributed by atoms with Gasteiger partial charge in [-0.15, -0.1) is 0 Å². The van der Waals surface area contributed by atoms with Crippen molar-refractivity contribution in [3.05, 3.63) is 77.4 Å². The number of amides is 1. The van der Waals surface area contributed by atoms with Crippen LogP contribution in [0.1, 0.15) is 36.0 Å². The molecule has 0 N–H and O–H groups in total. The molecule has 0 aliphatic carbocycles. The van der Waals surface area contributed by atoms with Gasteiger partial charge in [-0.1, -0.05) is 60.7 Å². The standard InChI is InChI=1S/C34H43F2N5O5/c1-4-45-33-27(32(44-3)37-34(38-33)46-23-29(35)36)21-39-19-26-20-40(30(42)15-18-43-2)16-17-41(26)28(22-39)31(24-11-7-5-8-12-24)25-13-9-6-10-14-25/h5-14,26,28-29,31H,4,15-23H2,1-3H3. The van der Waals surface area contributed by atoms with E-state index in [1.54, 1.807) is 7.11 Å². The SMILES string of the molecule is CCOc1nc(OCC(F)F)nc(OC)c1CN1CC2CN(C(=O)CCOC)CCN2C(C(c2ccccc2)c2ccccc2)C1. The van der Waals surface area contributed by atoms with Crippen molar-refractivity contribution >= 4 is 5.91 Å². The van der Waals surface area contributed by atoms with Crippen molar-refractivity contribution in [3.63, 3.8) is 0 Å². The minimum absolute atomic E-state index is 0.0602. The number of fused-ring (bicyclic) bond motifs is 1. The second-order valence-corrected chi connectivity index (χ2v) is 11.5. The normalized spacial score (nSPS) is 18.9. The number of hydrogen-bond acceptors (Lipinski definition) is 9. The third-order valence-corrected chi connectivity index (χ3v) is 8.55. The molecule has 2 fully saturated rings. The van der Waals surface area contributed by atoms with Gasteiger partial charge in [-0.2, -0.15) is 9.97 Å². The lowest BCUT2D eigenvalue weighted by Crippen LogP contribution is -2.67. The number of carbonyl (C=O) groups is 1. The Balaban J connectivity index is 1.51. The van der Waals surface area contributed by atoms with Crippen LogP contribution in [0, 0.1) is 0 Å². The average molecular weight is 640 g/mol. The number of benzene rings is 2. The van der Waals surface area contributed by atoms with E-state index in [0.717, 1.165) is 6.54 Å². The molecular formula is C34H43F2N5O5. The van der Waals surface area contributed by atoms with Crippen molar-refractivity contribution in [2.75, 3.05) is 66.8 Å². The van der Waals surface area contributed by atoms with E-state index in [0.29, 0.717) is 57.9 Å². The summed E-state index contributed by atoms with van der Waals surface area (Å²) in [6.45, 7) is 5.48. The Morgan fingerprint density at radius 3 is 2.20 bits per heavy atom. The minimum atomic E-state index is -2.67. The predicted octanol–water partition coefficient (Wildman–Crippen LogP) is 4.09. The van der Waals surface area contributed by atoms with E-state index in [-0.39, 0.29) is 41.7 Å². The maximum atomic E-state index is 13.1. The van der Waals surface area contributed by atoms with Gasteiger partial charge < -0.3 is 23.8 Å². The van der Waals surface area contributed by atoms with Gasteiger partial charge >= 0.3 is 6.01 Å². The highest BCUT2D eigenvalue weighted by molar-refractivity contribution is 5.76. The van der Waals surface area contributed by atoms with Crippen molar-refractivity contribution in [2.45, 2.75) is 44.3 Å². The average Bonchev–Trinajstić information content (AvgIpc) is 3.08. The van der Waals surface area contributed by atoms with E-state index >= 15 is 0 Å². The van der Waals surface area contributed by atoms with Crippen molar-refractivity contribution in [1.29, 1.82) is 0 Å². The molecule has 0 spiro atoms. The molecule has 46 heavy (non-hydrogen) atoms. The maximum absolute atomic E-state index is 13.1. The summed E-state index contributed by atoms with van der Waals surface area (Å²) >= 11 is 0. The number of rotatable bonds is 14. The molecule has 2 unspecified atom stereocenters. The molecule has 2 atom stereocenters. The second kappa shape index (κ2) is 16.1. The number of aromatic nitrogens is 2. The fraction of sp³-hybridized carbons (Fsp3) is 0.500. The van der Waals surface area contributed by atoms with Crippen LogP contribution in [0.25, 0.3) is 0 Å². The van der Waals surface area contributed by atoms with E-state index in [1.165, 1.54) is 18.2 Å². The van der Waals surface area contributed by atoms with E-state index < -0.39 is 13.0 Å². The summed E-state index contributed by atoms with van der Waals surface area (Å²) in [6, 6.07) is 21.0. The molecule has 10 nitrogen and oxygen atoms in total. The van der Waals surface area contributed by atoms with Crippen LogP contribution in [0.15, 0.2) is 60.7 Å². The molecule has 3 heterocycles. The Morgan fingerprint density at radius 1 is 0.913 bits per heavy atom. The first-order valence-corrected chi connectivity index (χ1v) is 15.7. The summed E-state index contributed by atoms with van der Waals surface area (Å²) in [6.07, 6.45) is -2.32. The highest BCUT2D eigenvalue weighted by atomic mass is 19.3. The van der Waals surface area contributed by atoms with Gasteiger partial charge in [-0.3, -0.25) is 14.6 Å². The van der Waals surface area contributed by atoms with E-state index in [1.807, 2.05) is 24.0 Å². The van der Waals surface area contributed by atoms with Crippen LogP contribution in [0.5, 0.6) is 17.8 Å². The summed E-state index contributed by atoms with van der Waals surface area (Å²) in [4.78, 5) is 28.6. The number of ether oxygens (including phenoxy) is 4. The summed E-state index contributed by atoms with van der Waals surface area (Å²) in [5.74, 6) is 0.605. The first-order valence-electron chi connectivity index (χ1n) is 15.7. The lowest BCUT2D eigenvalue weighted by molar-refractivity contribution is -0.137. The molecule has 5 rings (SSSR count). The molecule has 0 radical (unpaired) electrons. The zero-order chi connectivity index (χ0) is 32.5. The van der Waals surface area contributed by atoms with Gasteiger partial charge in [-0.05, 0) is 18.1 Å². The lowest BCUT2D eigenvalue weighted by Gasteiger charge is -2.53. The van der Waals surface area contributed by atoms with Crippen molar-refractivity contribution in [3.8, 4) is 17.8 Å². The predicted molar refractivity (Wildman–Crippen MR) is 169 cm³/mol. The molecule has 2 aliphatic rings. The highest BCUT2D eigenvalue weighted by Crippen LogP contribution is 2.37. The molecule has 1 aromatic heterocycles. The van der Waals surface area contributed by atoms with Crippen LogP contribution in [0.4, 0.5) is 8.78 Å². The second-order valence-electron chi connectivity index (χ2n) is 11.5. The fourth-order valence-corrected chi connectivity index (χ4v) is 6.58. The number of hydrogen-bond donors (Lipinski definition) is 0. The Bertz CT molecular complexity index is 1360. The van der Waals surface area contributed by atoms with Gasteiger partial charge in [0, 0.05) is 64.4 Å². The molecule has 248 valence electrons. The van der Waals surface area contributed by atoms with Crippen molar-refractivity contribution in [2.24, 2.45) is 0 Å². The summed E-state index contributed by atoms with van der Waals surface area (Å²) in [5, 5.41) is 0. The van der Waals surface area contributed by atoms with Crippen LogP contribution in [0.3, 0.4) is 0 Å². The minimum Gasteiger partial charge on any atom is -0.481 e. The van der Waals surface area contributed by atoms with Gasteiger partial charge in [0.1, 0.15) is 0 Å². The van der Waals surface area contributed by atoms with Crippen LogP contribution in [-0.4, -0.2) is 116 Å². The number of carbonyl (C=O) groups excluding carboxylic acids is 1. The number of piperazine rings is 2. The van der Waals surface area contributed by atoms with E-state index in [2.05, 4.69) is 68.3 Å². The van der Waals surface area contributed by atoms with E-state index in [9.17, 15) is 13.6 Å². The van der Waals surface area contributed by atoms with Crippen LogP contribution < -0.4 is 14.2 Å². The van der Waals surface area contributed by atoms with Gasteiger partial charge in [0.05, 0.1) is 32.3 Å². The zero-order valence-electron chi connectivity index (χ0n) is 26.7. The molecule has 0 saturated carbocycles. The lowest BCUT2D eigenvalue weighted by atomic mass is 9.81. The third-order valence-electron chi connectivity index (χ3n) is 8.55. The summed E-state index contributed by atoms with van der Waals surface area (Å²) in [5.41, 5.74) is 3.05. The van der Waals surface area contributed by atoms with Crippen LogP contribution in [-0.2, 0) is 16.1 Å². The number of halogens is 2. The Morgan fingerprint density at radius 2 is 1.59 bits per heavy atom. The third kappa shape index (κ3) is 8.09. The smallest absolute Gasteiger partial charge is 0.323 e. The molecule has 0 bridgehead atoms. The quantitative estimate of drug-likeness (QED) is 0.259.